The fourth-order valence-corrected chi connectivity index (χ4v) is 3.20. The zero-order chi connectivity index (χ0) is 10.7. The van der Waals surface area contributed by atoms with E-state index >= 15 is 0 Å². The van der Waals surface area contributed by atoms with Crippen molar-refractivity contribution in [1.29, 1.82) is 0 Å². The summed E-state index contributed by atoms with van der Waals surface area (Å²) in [6.07, 6.45) is 9.59. The number of nitrogens with zero attached hydrogens (tertiary/aromatic N) is 1. The van der Waals surface area contributed by atoms with Crippen LogP contribution in [0.3, 0.4) is 0 Å². The highest BCUT2D eigenvalue weighted by Crippen LogP contribution is 2.27. The van der Waals surface area contributed by atoms with Crippen LogP contribution in [0.4, 0.5) is 0 Å². The predicted octanol–water partition coefficient (Wildman–Crippen LogP) is 2.76. The fourth-order valence-electron chi connectivity index (χ4n) is 3.20. The third kappa shape index (κ3) is 2.41. The van der Waals surface area contributed by atoms with Crippen molar-refractivity contribution in [3.8, 4) is 0 Å². The summed E-state index contributed by atoms with van der Waals surface area (Å²) in [5.74, 6) is 0.510. The van der Waals surface area contributed by atoms with E-state index in [1.807, 2.05) is 0 Å². The Morgan fingerprint density at radius 2 is 2.07 bits per heavy atom. The molecule has 15 heavy (non-hydrogen) atoms. The van der Waals surface area contributed by atoms with Gasteiger partial charge in [-0.2, -0.15) is 0 Å². The molecule has 0 bridgehead atoms. The number of carbonyl (C=O) groups excluding carboxylic acids is 1. The van der Waals surface area contributed by atoms with E-state index < -0.39 is 0 Å². The molecule has 0 radical (unpaired) electrons. The molecule has 0 amide bonds. The molecule has 0 aromatic carbocycles. The molecule has 2 heteroatoms. The Morgan fingerprint density at radius 3 is 2.73 bits per heavy atom. The third-order valence-electron chi connectivity index (χ3n) is 4.07. The highest BCUT2D eigenvalue weighted by Gasteiger charge is 2.33. The van der Waals surface area contributed by atoms with Crippen LogP contribution >= 0.6 is 0 Å². The fraction of sp³-hybridized carbons (Fsp3) is 0.923. The van der Waals surface area contributed by atoms with E-state index in [0.29, 0.717) is 11.8 Å². The number of likely N-dealkylation sites (tertiary alicyclic amines) is 1. The van der Waals surface area contributed by atoms with Gasteiger partial charge in [-0.05, 0) is 38.6 Å². The molecule has 0 aromatic heterocycles. The molecule has 2 atom stereocenters. The van der Waals surface area contributed by atoms with Crippen molar-refractivity contribution in [3.63, 3.8) is 0 Å². The molecule has 2 unspecified atom stereocenters. The molecule has 2 rings (SSSR count). The van der Waals surface area contributed by atoms with Gasteiger partial charge in [0.05, 0.1) is 6.04 Å². The minimum absolute atomic E-state index is 0.285. The van der Waals surface area contributed by atoms with Gasteiger partial charge >= 0.3 is 0 Å². The summed E-state index contributed by atoms with van der Waals surface area (Å²) in [7, 11) is 0. The van der Waals surface area contributed by atoms with Gasteiger partial charge in [-0.15, -0.1) is 0 Å². The van der Waals surface area contributed by atoms with Gasteiger partial charge in [0.2, 0.25) is 0 Å². The summed E-state index contributed by atoms with van der Waals surface area (Å²) < 4.78 is 0. The van der Waals surface area contributed by atoms with Crippen LogP contribution in [-0.2, 0) is 4.79 Å². The molecular weight excluding hydrogens is 186 g/mol. The SMILES string of the molecule is CCC1CCCCCN1C1CCCC1=O. The minimum Gasteiger partial charge on any atom is -0.298 e. The molecule has 2 nitrogen and oxygen atoms in total. The lowest BCUT2D eigenvalue weighted by Crippen LogP contribution is -2.44. The molecule has 1 heterocycles. The number of hydrogen-bond donors (Lipinski definition) is 0. The lowest BCUT2D eigenvalue weighted by molar-refractivity contribution is -0.122. The first-order valence-corrected chi connectivity index (χ1v) is 6.61. The van der Waals surface area contributed by atoms with E-state index in [9.17, 15) is 4.79 Å². The number of ketones is 1. The van der Waals surface area contributed by atoms with Gasteiger partial charge in [0.15, 0.2) is 0 Å². The lowest BCUT2D eigenvalue weighted by atomic mass is 10.0. The van der Waals surface area contributed by atoms with Crippen LogP contribution in [-0.4, -0.2) is 29.3 Å². The normalized spacial score (nSPS) is 34.3. The van der Waals surface area contributed by atoms with E-state index in [1.54, 1.807) is 0 Å². The maximum Gasteiger partial charge on any atom is 0.149 e. The van der Waals surface area contributed by atoms with E-state index in [1.165, 1.54) is 32.1 Å². The van der Waals surface area contributed by atoms with Crippen LogP contribution < -0.4 is 0 Å². The highest BCUT2D eigenvalue weighted by atomic mass is 16.1. The topological polar surface area (TPSA) is 20.3 Å². The second-order valence-corrected chi connectivity index (χ2v) is 5.02. The highest BCUT2D eigenvalue weighted by molar-refractivity contribution is 5.85. The van der Waals surface area contributed by atoms with Gasteiger partial charge in [-0.1, -0.05) is 19.8 Å². The number of carbonyl (C=O) groups is 1. The molecule has 1 aliphatic heterocycles. The van der Waals surface area contributed by atoms with Crippen molar-refractivity contribution in [3.05, 3.63) is 0 Å². The number of rotatable bonds is 2. The molecule has 86 valence electrons. The second kappa shape index (κ2) is 5.11. The first kappa shape index (κ1) is 11.1. The van der Waals surface area contributed by atoms with Crippen molar-refractivity contribution in [1.82, 2.24) is 4.90 Å². The van der Waals surface area contributed by atoms with Gasteiger partial charge in [0, 0.05) is 12.5 Å². The summed E-state index contributed by atoms with van der Waals surface area (Å²) in [5, 5.41) is 0. The molecular formula is C13H23NO. The van der Waals surface area contributed by atoms with E-state index in [4.69, 9.17) is 0 Å². The molecule has 1 saturated heterocycles. The standard InChI is InChI=1S/C13H23NO/c1-2-11-7-4-3-5-10-14(11)12-8-6-9-13(12)15/h11-12H,2-10H2,1H3. The molecule has 1 aliphatic carbocycles. The molecule has 0 spiro atoms. The summed E-state index contributed by atoms with van der Waals surface area (Å²) in [5.41, 5.74) is 0. The van der Waals surface area contributed by atoms with Gasteiger partial charge in [0.1, 0.15) is 5.78 Å². The van der Waals surface area contributed by atoms with Crippen LogP contribution in [0, 0.1) is 0 Å². The Morgan fingerprint density at radius 1 is 1.20 bits per heavy atom. The van der Waals surface area contributed by atoms with Gasteiger partial charge in [0.25, 0.3) is 0 Å². The van der Waals surface area contributed by atoms with E-state index in [-0.39, 0.29) is 6.04 Å². The lowest BCUT2D eigenvalue weighted by Gasteiger charge is -2.33. The monoisotopic (exact) mass is 209 g/mol. The van der Waals surface area contributed by atoms with Crippen molar-refractivity contribution in [2.75, 3.05) is 6.54 Å². The van der Waals surface area contributed by atoms with Crippen molar-refractivity contribution in [2.24, 2.45) is 0 Å². The quantitative estimate of drug-likeness (QED) is 0.697. The maximum absolute atomic E-state index is 11.8. The van der Waals surface area contributed by atoms with Crippen LogP contribution in [0.2, 0.25) is 0 Å². The molecule has 1 saturated carbocycles. The summed E-state index contributed by atoms with van der Waals surface area (Å²) >= 11 is 0. The van der Waals surface area contributed by atoms with Gasteiger partial charge in [-0.3, -0.25) is 9.69 Å². The number of hydrogen-bond acceptors (Lipinski definition) is 2. The average Bonchev–Trinajstić information content (AvgIpc) is 2.54. The Balaban J connectivity index is 2.05. The predicted molar refractivity (Wildman–Crippen MR) is 61.9 cm³/mol. The van der Waals surface area contributed by atoms with Gasteiger partial charge in [-0.25, -0.2) is 0 Å². The first-order valence-electron chi connectivity index (χ1n) is 6.61. The third-order valence-corrected chi connectivity index (χ3v) is 4.07. The van der Waals surface area contributed by atoms with Crippen molar-refractivity contribution in [2.45, 2.75) is 70.4 Å². The molecule has 0 N–H and O–H groups in total. The number of Topliss-reactive ketones (excluding diaryl/α,β-unsaturated/α-hetero) is 1. The van der Waals surface area contributed by atoms with Crippen LogP contribution in [0.25, 0.3) is 0 Å². The summed E-state index contributed by atoms with van der Waals surface area (Å²) in [6, 6.07) is 0.965. The Bertz CT molecular complexity index is 227. The smallest absolute Gasteiger partial charge is 0.149 e. The largest absolute Gasteiger partial charge is 0.298 e. The zero-order valence-corrected chi connectivity index (χ0v) is 9.87. The molecule has 0 aromatic rings. The van der Waals surface area contributed by atoms with Crippen LogP contribution in [0.5, 0.6) is 0 Å². The first-order chi connectivity index (χ1) is 7.33. The van der Waals surface area contributed by atoms with Crippen molar-refractivity contribution < 1.29 is 4.79 Å². The Hall–Kier alpha value is -0.370. The summed E-state index contributed by atoms with van der Waals surface area (Å²) in [6.45, 7) is 3.43. The second-order valence-electron chi connectivity index (χ2n) is 5.02. The van der Waals surface area contributed by atoms with E-state index in [2.05, 4.69) is 11.8 Å². The zero-order valence-electron chi connectivity index (χ0n) is 9.87. The van der Waals surface area contributed by atoms with Crippen LogP contribution in [0.15, 0.2) is 0 Å². The van der Waals surface area contributed by atoms with E-state index in [0.717, 1.165) is 25.8 Å². The molecule has 2 aliphatic rings. The maximum atomic E-state index is 11.8. The van der Waals surface area contributed by atoms with Crippen LogP contribution in [0.1, 0.15) is 58.3 Å². The molecule has 2 fully saturated rings. The summed E-state index contributed by atoms with van der Waals surface area (Å²) in [4.78, 5) is 14.3. The average molecular weight is 209 g/mol. The Kier molecular flexibility index (Phi) is 3.79. The Labute approximate surface area is 93.0 Å². The van der Waals surface area contributed by atoms with Gasteiger partial charge < -0.3 is 0 Å². The minimum atomic E-state index is 0.285. The van der Waals surface area contributed by atoms with Crippen molar-refractivity contribution >= 4 is 5.78 Å².